The van der Waals surface area contributed by atoms with E-state index in [4.69, 9.17) is 4.74 Å². The fraction of sp³-hybridized carbons (Fsp3) is 0.435. The van der Waals surface area contributed by atoms with E-state index in [1.165, 1.54) is 0 Å². The SMILES string of the molecule is CC(C)NC[C@@H](NC(=O)OC(C)(C)C)C(c1ccccc1)c1ccccc1. The van der Waals surface area contributed by atoms with Crippen molar-refractivity contribution >= 4 is 6.09 Å². The first kappa shape index (κ1) is 21.0. The van der Waals surface area contributed by atoms with E-state index >= 15 is 0 Å². The molecule has 4 heteroatoms. The lowest BCUT2D eigenvalue weighted by molar-refractivity contribution is 0.0498. The Kier molecular flexibility index (Phi) is 7.43. The zero-order valence-corrected chi connectivity index (χ0v) is 17.0. The van der Waals surface area contributed by atoms with E-state index in [0.717, 1.165) is 11.1 Å². The van der Waals surface area contributed by atoms with Crippen LogP contribution >= 0.6 is 0 Å². The van der Waals surface area contributed by atoms with Gasteiger partial charge in [0, 0.05) is 18.5 Å². The third-order valence-corrected chi connectivity index (χ3v) is 4.17. The molecule has 0 unspecified atom stereocenters. The summed E-state index contributed by atoms with van der Waals surface area (Å²) in [4.78, 5) is 12.5. The Bertz CT molecular complexity index is 654. The van der Waals surface area contributed by atoms with Crippen molar-refractivity contribution in [1.82, 2.24) is 10.6 Å². The number of benzene rings is 2. The first-order chi connectivity index (χ1) is 12.8. The number of carbonyl (C=O) groups excluding carboxylic acids is 1. The van der Waals surface area contributed by atoms with Crippen LogP contribution in [0.5, 0.6) is 0 Å². The average molecular weight is 369 g/mol. The lowest BCUT2D eigenvalue weighted by atomic mass is 9.85. The highest BCUT2D eigenvalue weighted by atomic mass is 16.6. The van der Waals surface area contributed by atoms with Gasteiger partial charge in [-0.3, -0.25) is 0 Å². The van der Waals surface area contributed by atoms with Gasteiger partial charge in [0.1, 0.15) is 5.60 Å². The van der Waals surface area contributed by atoms with Crippen molar-refractivity contribution in [3.05, 3.63) is 71.8 Å². The minimum Gasteiger partial charge on any atom is -0.444 e. The number of ether oxygens (including phenoxy) is 1. The maximum absolute atomic E-state index is 12.5. The molecule has 1 amide bonds. The number of amides is 1. The maximum atomic E-state index is 12.5. The van der Waals surface area contributed by atoms with Crippen molar-refractivity contribution < 1.29 is 9.53 Å². The Morgan fingerprint density at radius 3 is 1.81 bits per heavy atom. The quantitative estimate of drug-likeness (QED) is 0.744. The molecule has 0 saturated heterocycles. The molecule has 0 fully saturated rings. The molecule has 0 aliphatic heterocycles. The predicted octanol–water partition coefficient (Wildman–Crippen LogP) is 4.71. The smallest absolute Gasteiger partial charge is 0.407 e. The highest BCUT2D eigenvalue weighted by Crippen LogP contribution is 2.28. The van der Waals surface area contributed by atoms with Crippen LogP contribution in [0, 0.1) is 0 Å². The molecule has 0 aromatic heterocycles. The molecule has 0 saturated carbocycles. The molecule has 0 radical (unpaired) electrons. The largest absolute Gasteiger partial charge is 0.444 e. The van der Waals surface area contributed by atoms with E-state index in [-0.39, 0.29) is 12.0 Å². The van der Waals surface area contributed by atoms with Crippen molar-refractivity contribution in [1.29, 1.82) is 0 Å². The molecule has 0 aliphatic rings. The summed E-state index contributed by atoms with van der Waals surface area (Å²) in [5.41, 5.74) is 1.79. The fourth-order valence-corrected chi connectivity index (χ4v) is 3.05. The normalized spacial score (nSPS) is 12.9. The highest BCUT2D eigenvalue weighted by molar-refractivity contribution is 5.68. The number of hydrogen-bond donors (Lipinski definition) is 2. The molecular formula is C23H32N2O2. The van der Waals surface area contributed by atoms with Gasteiger partial charge in [-0.25, -0.2) is 4.79 Å². The van der Waals surface area contributed by atoms with Gasteiger partial charge in [-0.2, -0.15) is 0 Å². The van der Waals surface area contributed by atoms with E-state index in [2.05, 4.69) is 48.7 Å². The summed E-state index contributed by atoms with van der Waals surface area (Å²) >= 11 is 0. The summed E-state index contributed by atoms with van der Waals surface area (Å²) in [5, 5.41) is 6.57. The third-order valence-electron chi connectivity index (χ3n) is 4.17. The molecule has 0 bridgehead atoms. The highest BCUT2D eigenvalue weighted by Gasteiger charge is 2.28. The van der Waals surface area contributed by atoms with Gasteiger partial charge in [-0.05, 0) is 31.9 Å². The van der Waals surface area contributed by atoms with Gasteiger partial charge in [0.05, 0.1) is 6.04 Å². The minimum atomic E-state index is -0.533. The first-order valence-corrected chi connectivity index (χ1v) is 9.59. The molecule has 1 atom stereocenters. The van der Waals surface area contributed by atoms with Gasteiger partial charge in [0.25, 0.3) is 0 Å². The zero-order chi connectivity index (χ0) is 19.9. The number of nitrogens with one attached hydrogen (secondary N) is 2. The Hall–Kier alpha value is -2.33. The summed E-state index contributed by atoms with van der Waals surface area (Å²) in [7, 11) is 0. The number of alkyl carbamates (subject to hydrolysis) is 1. The molecule has 4 nitrogen and oxygen atoms in total. The number of rotatable bonds is 7. The predicted molar refractivity (Wildman–Crippen MR) is 111 cm³/mol. The van der Waals surface area contributed by atoms with Crippen molar-refractivity contribution in [2.45, 2.75) is 58.2 Å². The lowest BCUT2D eigenvalue weighted by Gasteiger charge is -2.31. The molecule has 146 valence electrons. The van der Waals surface area contributed by atoms with Gasteiger partial charge >= 0.3 is 6.09 Å². The second-order valence-electron chi connectivity index (χ2n) is 8.11. The van der Waals surface area contributed by atoms with Crippen molar-refractivity contribution in [2.75, 3.05) is 6.54 Å². The lowest BCUT2D eigenvalue weighted by Crippen LogP contribution is -2.48. The van der Waals surface area contributed by atoms with E-state index in [1.54, 1.807) is 0 Å². The summed E-state index contributed by atoms with van der Waals surface area (Å²) in [6, 6.07) is 20.8. The van der Waals surface area contributed by atoms with Crippen LogP contribution in [0.25, 0.3) is 0 Å². The number of hydrogen-bond acceptors (Lipinski definition) is 3. The van der Waals surface area contributed by atoms with Gasteiger partial charge in [-0.1, -0.05) is 74.5 Å². The second kappa shape index (κ2) is 9.56. The van der Waals surface area contributed by atoms with E-state index < -0.39 is 11.7 Å². The maximum Gasteiger partial charge on any atom is 0.407 e. The topological polar surface area (TPSA) is 50.4 Å². The molecule has 0 aliphatic carbocycles. The standard InChI is InChI=1S/C23H32N2O2/c1-17(2)24-16-20(25-22(26)27-23(3,4)5)21(18-12-8-6-9-13-18)19-14-10-7-11-15-19/h6-15,17,20-21,24H,16H2,1-5H3,(H,25,26)/t20-/m1/s1. The van der Waals surface area contributed by atoms with Gasteiger partial charge in [-0.15, -0.1) is 0 Å². The molecule has 0 heterocycles. The third kappa shape index (κ3) is 7.06. The monoisotopic (exact) mass is 368 g/mol. The average Bonchev–Trinajstić information content (AvgIpc) is 2.60. The van der Waals surface area contributed by atoms with Crippen molar-refractivity contribution in [3.63, 3.8) is 0 Å². The summed E-state index contributed by atoms with van der Waals surface area (Å²) in [6.45, 7) is 10.5. The van der Waals surface area contributed by atoms with Crippen LogP contribution in [-0.4, -0.2) is 30.3 Å². The van der Waals surface area contributed by atoms with Crippen LogP contribution in [0.3, 0.4) is 0 Å². The van der Waals surface area contributed by atoms with Crippen LogP contribution in [0.15, 0.2) is 60.7 Å². The molecule has 2 rings (SSSR count). The summed E-state index contributed by atoms with van der Waals surface area (Å²) in [6.07, 6.45) is -0.394. The molecular weight excluding hydrogens is 336 g/mol. The zero-order valence-electron chi connectivity index (χ0n) is 17.0. The summed E-state index contributed by atoms with van der Waals surface area (Å²) < 4.78 is 5.52. The fourth-order valence-electron chi connectivity index (χ4n) is 3.05. The second-order valence-corrected chi connectivity index (χ2v) is 8.11. The van der Waals surface area contributed by atoms with Crippen LogP contribution in [-0.2, 0) is 4.74 Å². The Labute approximate surface area is 163 Å². The van der Waals surface area contributed by atoms with Crippen LogP contribution in [0.4, 0.5) is 4.79 Å². The molecule has 2 aromatic rings. The molecule has 27 heavy (non-hydrogen) atoms. The Balaban J connectivity index is 2.35. The van der Waals surface area contributed by atoms with Crippen LogP contribution < -0.4 is 10.6 Å². The summed E-state index contributed by atoms with van der Waals surface area (Å²) in [5.74, 6) is 0.0196. The molecule has 2 N–H and O–H groups in total. The van der Waals surface area contributed by atoms with E-state index in [9.17, 15) is 4.79 Å². The Morgan fingerprint density at radius 1 is 0.926 bits per heavy atom. The van der Waals surface area contributed by atoms with E-state index in [1.807, 2.05) is 57.2 Å². The molecule has 0 spiro atoms. The van der Waals surface area contributed by atoms with Gasteiger partial charge in [0.15, 0.2) is 0 Å². The first-order valence-electron chi connectivity index (χ1n) is 9.59. The van der Waals surface area contributed by atoms with Gasteiger partial charge in [0.2, 0.25) is 0 Å². The van der Waals surface area contributed by atoms with E-state index in [0.29, 0.717) is 12.6 Å². The van der Waals surface area contributed by atoms with Crippen molar-refractivity contribution in [2.24, 2.45) is 0 Å². The Morgan fingerprint density at radius 2 is 1.41 bits per heavy atom. The van der Waals surface area contributed by atoms with Crippen LogP contribution in [0.1, 0.15) is 51.7 Å². The van der Waals surface area contributed by atoms with Crippen molar-refractivity contribution in [3.8, 4) is 0 Å². The minimum absolute atomic E-state index is 0.0196. The van der Waals surface area contributed by atoms with Gasteiger partial charge < -0.3 is 15.4 Å². The molecule has 2 aromatic carbocycles. The number of carbonyl (C=O) groups is 1. The van der Waals surface area contributed by atoms with Crippen LogP contribution in [0.2, 0.25) is 0 Å².